The maximum Gasteiger partial charge on any atom is 0.123 e. The van der Waals surface area contributed by atoms with Crippen LogP contribution in [0.2, 0.25) is 0 Å². The van der Waals surface area contributed by atoms with Gasteiger partial charge < -0.3 is 9.90 Å². The highest BCUT2D eigenvalue weighted by Crippen LogP contribution is 2.58. The maximum atomic E-state index is 10.9. The molecule has 0 aromatic carbocycles. The fourth-order valence-corrected chi connectivity index (χ4v) is 7.44. The Morgan fingerprint density at radius 1 is 0.735 bits per heavy atom. The van der Waals surface area contributed by atoms with Crippen LogP contribution in [-0.4, -0.2) is 17.5 Å². The van der Waals surface area contributed by atoms with Gasteiger partial charge >= 0.3 is 0 Å². The molecule has 2 nitrogen and oxygen atoms in total. The Labute approximate surface area is 211 Å². The van der Waals surface area contributed by atoms with Gasteiger partial charge in [0.05, 0.1) is 0 Å². The molecule has 0 bridgehead atoms. The Morgan fingerprint density at radius 3 is 1.74 bits per heavy atom. The number of fused-ring (bicyclic) bond motifs is 1. The molecule has 34 heavy (non-hydrogen) atoms. The minimum Gasteiger partial charge on any atom is -0.380 e. The first kappa shape index (κ1) is 27.8. The van der Waals surface area contributed by atoms with Gasteiger partial charge in [-0.05, 0) is 86.4 Å². The molecule has 4 atom stereocenters. The van der Waals surface area contributed by atoms with E-state index in [1.165, 1.54) is 70.6 Å². The van der Waals surface area contributed by atoms with Gasteiger partial charge in [0.15, 0.2) is 0 Å². The Bertz CT molecular complexity index is 649. The lowest BCUT2D eigenvalue weighted by Crippen LogP contribution is -2.48. The SMILES string of the molecule is C1CCCCCCC1.CC1(C)CCC(C)(C)C2CC(C(O)C#CC3CCC(C=O)CC3)CCC21. The molecule has 194 valence electrons. The Balaban J connectivity index is 0.000000343. The van der Waals surface area contributed by atoms with Gasteiger partial charge in [-0.25, -0.2) is 0 Å². The van der Waals surface area contributed by atoms with Crippen molar-refractivity contribution in [3.63, 3.8) is 0 Å². The number of hydrogen-bond acceptors (Lipinski definition) is 2. The second-order valence-corrected chi connectivity index (χ2v) is 13.6. The molecule has 2 heteroatoms. The first-order valence-corrected chi connectivity index (χ1v) is 14.9. The molecule has 4 rings (SSSR count). The Kier molecular flexibility index (Phi) is 10.6. The van der Waals surface area contributed by atoms with Gasteiger partial charge in [-0.15, -0.1) is 0 Å². The molecule has 0 aromatic rings. The number of aliphatic hydroxyl groups excluding tert-OH is 1. The third-order valence-corrected chi connectivity index (χ3v) is 10.2. The van der Waals surface area contributed by atoms with Gasteiger partial charge in [0.2, 0.25) is 0 Å². The fraction of sp³-hybridized carbons (Fsp3) is 0.906. The largest absolute Gasteiger partial charge is 0.380 e. The molecule has 0 amide bonds. The summed E-state index contributed by atoms with van der Waals surface area (Å²) in [5.41, 5.74) is 0.832. The quantitative estimate of drug-likeness (QED) is 0.325. The van der Waals surface area contributed by atoms with Gasteiger partial charge in [-0.1, -0.05) is 90.9 Å². The molecule has 4 aliphatic carbocycles. The second kappa shape index (κ2) is 12.9. The molecule has 0 spiro atoms. The van der Waals surface area contributed by atoms with Crippen molar-refractivity contribution >= 4 is 6.29 Å². The zero-order valence-electron chi connectivity index (χ0n) is 22.9. The minimum atomic E-state index is -0.472. The first-order chi connectivity index (χ1) is 16.2. The molecule has 0 heterocycles. The number of carbonyl (C=O) groups is 1. The summed E-state index contributed by atoms with van der Waals surface area (Å²) in [7, 11) is 0. The number of carbonyl (C=O) groups excluding carboxylic acids is 1. The van der Waals surface area contributed by atoms with Crippen LogP contribution in [0.4, 0.5) is 0 Å². The topological polar surface area (TPSA) is 37.3 Å². The predicted octanol–water partition coefficient (Wildman–Crippen LogP) is 8.36. The van der Waals surface area contributed by atoms with Gasteiger partial charge in [-0.2, -0.15) is 0 Å². The van der Waals surface area contributed by atoms with Gasteiger partial charge in [-0.3, -0.25) is 0 Å². The standard InChI is InChI=1S/C24H38O2.C8H16/c1-23(2)13-14-24(3,4)21-15-19(10-11-20(21)23)22(26)12-9-17-5-7-18(16-25)8-6-17;1-2-4-6-8-7-5-3-1/h16-22,26H,5-8,10-11,13-15H2,1-4H3;1-8H2. The van der Waals surface area contributed by atoms with Crippen molar-refractivity contribution in [1.29, 1.82) is 0 Å². The van der Waals surface area contributed by atoms with Gasteiger partial charge in [0.25, 0.3) is 0 Å². The maximum absolute atomic E-state index is 10.9. The molecule has 4 unspecified atom stereocenters. The van der Waals surface area contributed by atoms with Crippen LogP contribution in [0, 0.1) is 52.3 Å². The summed E-state index contributed by atoms with van der Waals surface area (Å²) in [6, 6.07) is 0. The zero-order chi connectivity index (χ0) is 24.6. The van der Waals surface area contributed by atoms with E-state index < -0.39 is 6.10 Å². The molecule has 4 aliphatic rings. The van der Waals surface area contributed by atoms with Crippen molar-refractivity contribution in [2.45, 2.75) is 143 Å². The highest BCUT2D eigenvalue weighted by atomic mass is 16.3. The average molecular weight is 471 g/mol. The van der Waals surface area contributed by atoms with Gasteiger partial charge in [0.1, 0.15) is 12.4 Å². The smallest absolute Gasteiger partial charge is 0.123 e. The van der Waals surface area contributed by atoms with E-state index in [0.717, 1.165) is 50.7 Å². The van der Waals surface area contributed by atoms with Gasteiger partial charge in [0, 0.05) is 11.8 Å². The van der Waals surface area contributed by atoms with Crippen LogP contribution >= 0.6 is 0 Å². The van der Waals surface area contributed by atoms with E-state index in [1.807, 2.05) is 0 Å². The summed E-state index contributed by atoms with van der Waals surface area (Å²) in [5.74, 6) is 9.03. The normalized spacial score (nSPS) is 36.1. The van der Waals surface area contributed by atoms with Crippen molar-refractivity contribution < 1.29 is 9.90 Å². The molecule has 0 saturated heterocycles. The first-order valence-electron chi connectivity index (χ1n) is 14.9. The molecular weight excluding hydrogens is 416 g/mol. The molecule has 4 fully saturated rings. The molecule has 4 saturated carbocycles. The lowest BCUT2D eigenvalue weighted by Gasteiger charge is -2.56. The lowest BCUT2D eigenvalue weighted by atomic mass is 9.49. The van der Waals surface area contributed by atoms with Crippen molar-refractivity contribution in [1.82, 2.24) is 0 Å². The minimum absolute atomic E-state index is 0.241. The van der Waals surface area contributed by atoms with Crippen molar-refractivity contribution in [2.75, 3.05) is 0 Å². The summed E-state index contributed by atoms with van der Waals surface area (Å²) in [6.45, 7) is 9.77. The summed E-state index contributed by atoms with van der Waals surface area (Å²) in [4.78, 5) is 10.9. The second-order valence-electron chi connectivity index (χ2n) is 13.6. The van der Waals surface area contributed by atoms with E-state index in [4.69, 9.17) is 0 Å². The number of hydrogen-bond donors (Lipinski definition) is 1. The predicted molar refractivity (Wildman–Crippen MR) is 143 cm³/mol. The number of aliphatic hydroxyl groups is 1. The van der Waals surface area contributed by atoms with E-state index >= 15 is 0 Å². The molecule has 0 aliphatic heterocycles. The molecule has 0 aromatic heterocycles. The summed E-state index contributed by atoms with van der Waals surface area (Å²) in [6.07, 6.45) is 22.7. The van der Waals surface area contributed by atoms with Crippen LogP contribution in [0.25, 0.3) is 0 Å². The van der Waals surface area contributed by atoms with Crippen LogP contribution < -0.4 is 0 Å². The van der Waals surface area contributed by atoms with E-state index in [1.54, 1.807) is 0 Å². The van der Waals surface area contributed by atoms with E-state index in [-0.39, 0.29) is 5.92 Å². The number of rotatable bonds is 2. The van der Waals surface area contributed by atoms with Crippen molar-refractivity contribution in [3.8, 4) is 11.8 Å². The summed E-state index contributed by atoms with van der Waals surface area (Å²) in [5, 5.41) is 10.8. The highest BCUT2D eigenvalue weighted by molar-refractivity contribution is 5.53. The van der Waals surface area contributed by atoms with Crippen LogP contribution in [-0.2, 0) is 4.79 Å². The fourth-order valence-electron chi connectivity index (χ4n) is 7.44. The zero-order valence-corrected chi connectivity index (χ0v) is 22.9. The van der Waals surface area contributed by atoms with Crippen LogP contribution in [0.5, 0.6) is 0 Å². The van der Waals surface area contributed by atoms with Crippen LogP contribution in [0.3, 0.4) is 0 Å². The average Bonchev–Trinajstić information content (AvgIpc) is 2.81. The lowest BCUT2D eigenvalue weighted by molar-refractivity contribution is -0.112. The van der Waals surface area contributed by atoms with E-state index in [0.29, 0.717) is 28.6 Å². The Hall–Kier alpha value is -0.810. The molecule has 1 N–H and O–H groups in total. The van der Waals surface area contributed by atoms with Crippen LogP contribution in [0.15, 0.2) is 0 Å². The van der Waals surface area contributed by atoms with E-state index in [2.05, 4.69) is 39.5 Å². The summed E-state index contributed by atoms with van der Waals surface area (Å²) >= 11 is 0. The third-order valence-electron chi connectivity index (χ3n) is 10.2. The molecule has 0 radical (unpaired) electrons. The van der Waals surface area contributed by atoms with Crippen molar-refractivity contribution in [3.05, 3.63) is 0 Å². The third kappa shape index (κ3) is 7.85. The van der Waals surface area contributed by atoms with E-state index in [9.17, 15) is 9.90 Å². The summed E-state index contributed by atoms with van der Waals surface area (Å²) < 4.78 is 0. The van der Waals surface area contributed by atoms with Crippen LogP contribution in [0.1, 0.15) is 137 Å². The Morgan fingerprint density at radius 2 is 1.24 bits per heavy atom. The monoisotopic (exact) mass is 470 g/mol. The molecular formula is C32H54O2. The van der Waals surface area contributed by atoms with Crippen molar-refractivity contribution in [2.24, 2.45) is 40.4 Å². The number of aldehydes is 1. The highest BCUT2D eigenvalue weighted by Gasteiger charge is 2.50.